The molecule has 1 aliphatic rings. The van der Waals surface area contributed by atoms with Crippen molar-refractivity contribution in [3.63, 3.8) is 0 Å². The van der Waals surface area contributed by atoms with Gasteiger partial charge in [-0.15, -0.1) is 0 Å². The molecule has 0 saturated heterocycles. The molecule has 1 aromatic heterocycles. The Morgan fingerprint density at radius 2 is 1.80 bits per heavy atom. The van der Waals surface area contributed by atoms with Gasteiger partial charge in [0.05, 0.1) is 15.9 Å². The van der Waals surface area contributed by atoms with Gasteiger partial charge in [0.15, 0.2) is 0 Å². The van der Waals surface area contributed by atoms with Crippen molar-refractivity contribution in [3.8, 4) is 0 Å². The van der Waals surface area contributed by atoms with Gasteiger partial charge in [-0.3, -0.25) is 5.43 Å². The van der Waals surface area contributed by atoms with Crippen LogP contribution in [0.3, 0.4) is 0 Å². The lowest BCUT2D eigenvalue weighted by Crippen LogP contribution is -2.05. The Morgan fingerprint density at radius 3 is 2.56 bits per heavy atom. The largest absolute Gasteiger partial charge is 0.252 e. The molecule has 128 valence electrons. The molecule has 0 amide bonds. The second kappa shape index (κ2) is 7.36. The van der Waals surface area contributed by atoms with E-state index in [4.69, 9.17) is 0 Å². The summed E-state index contributed by atoms with van der Waals surface area (Å²) in [7, 11) is 0. The number of hydrogen-bond acceptors (Lipinski definition) is 4. The summed E-state index contributed by atoms with van der Waals surface area (Å²) in [6, 6.07) is 17.1. The average Bonchev–Trinajstić information content (AvgIpc) is 3.10. The maximum atomic E-state index is 4.55. The first-order valence-corrected chi connectivity index (χ1v) is 9.87. The molecule has 3 aromatic rings. The number of rotatable bonds is 4. The van der Waals surface area contributed by atoms with Crippen LogP contribution in [0.15, 0.2) is 53.6 Å². The minimum atomic E-state index is 0.751. The van der Waals surface area contributed by atoms with Crippen LogP contribution in [-0.4, -0.2) is 10.7 Å². The summed E-state index contributed by atoms with van der Waals surface area (Å²) in [6.45, 7) is 2.04. The highest BCUT2D eigenvalue weighted by atomic mass is 32.1. The molecular weight excluding hydrogens is 326 g/mol. The van der Waals surface area contributed by atoms with E-state index in [0.29, 0.717) is 0 Å². The van der Waals surface area contributed by atoms with Gasteiger partial charge >= 0.3 is 0 Å². The summed E-state index contributed by atoms with van der Waals surface area (Å²) < 4.78 is 1.18. The lowest BCUT2D eigenvalue weighted by Gasteiger charge is -2.22. The van der Waals surface area contributed by atoms with Crippen molar-refractivity contribution in [1.82, 2.24) is 4.98 Å². The van der Waals surface area contributed by atoms with E-state index in [9.17, 15) is 0 Å². The Hall–Kier alpha value is -2.20. The molecule has 0 spiro atoms. The Labute approximate surface area is 152 Å². The van der Waals surface area contributed by atoms with E-state index in [-0.39, 0.29) is 0 Å². The predicted molar refractivity (Wildman–Crippen MR) is 108 cm³/mol. The van der Waals surface area contributed by atoms with Gasteiger partial charge in [0, 0.05) is 0 Å². The fourth-order valence-corrected chi connectivity index (χ4v) is 4.36. The molecule has 25 heavy (non-hydrogen) atoms. The Balaban J connectivity index is 1.45. The Morgan fingerprint density at radius 1 is 1.04 bits per heavy atom. The standard InChI is InChI=1S/C21H23N3S/c1-15(23-24-21-22-19-9-5-6-10-20(19)25-21)16-11-13-18(14-12-16)17-7-3-2-4-8-17/h5-6,9-14,17H,2-4,7-8H2,1H3,(H,22,24). The fraction of sp³-hybridized carbons (Fsp3) is 0.333. The zero-order valence-electron chi connectivity index (χ0n) is 14.5. The van der Waals surface area contributed by atoms with E-state index < -0.39 is 0 Å². The zero-order chi connectivity index (χ0) is 17.1. The van der Waals surface area contributed by atoms with Gasteiger partial charge in [-0.2, -0.15) is 5.10 Å². The molecule has 3 nitrogen and oxygen atoms in total. The van der Waals surface area contributed by atoms with Gasteiger partial charge in [0.25, 0.3) is 0 Å². The van der Waals surface area contributed by atoms with Crippen LogP contribution in [0.4, 0.5) is 5.13 Å². The number of benzene rings is 2. The summed E-state index contributed by atoms with van der Waals surface area (Å²) >= 11 is 1.63. The quantitative estimate of drug-likeness (QED) is 0.451. The highest BCUT2D eigenvalue weighted by Gasteiger charge is 2.15. The number of anilines is 1. The maximum Gasteiger partial charge on any atom is 0.204 e. The molecule has 0 atom stereocenters. The number of para-hydroxylation sites is 1. The molecule has 1 heterocycles. The van der Waals surface area contributed by atoms with Gasteiger partial charge in [0.2, 0.25) is 5.13 Å². The zero-order valence-corrected chi connectivity index (χ0v) is 15.4. The van der Waals surface area contributed by atoms with Gasteiger partial charge in [0.1, 0.15) is 0 Å². The molecule has 0 aliphatic heterocycles. The molecule has 4 rings (SSSR count). The number of hydrogen-bond donors (Lipinski definition) is 1. The fourth-order valence-electron chi connectivity index (χ4n) is 3.55. The van der Waals surface area contributed by atoms with E-state index >= 15 is 0 Å². The van der Waals surface area contributed by atoms with Crippen LogP contribution in [0.1, 0.15) is 56.1 Å². The Bertz CT molecular complexity index is 841. The van der Waals surface area contributed by atoms with E-state index in [0.717, 1.165) is 27.8 Å². The highest BCUT2D eigenvalue weighted by Crippen LogP contribution is 2.32. The van der Waals surface area contributed by atoms with Gasteiger partial charge < -0.3 is 0 Å². The SMILES string of the molecule is CC(=NNc1nc2ccccc2s1)c1ccc(C2CCCCC2)cc1. The molecule has 0 radical (unpaired) electrons. The number of nitrogens with one attached hydrogen (secondary N) is 1. The summed E-state index contributed by atoms with van der Waals surface area (Å²) in [6.07, 6.45) is 6.83. The van der Waals surface area contributed by atoms with Crippen LogP contribution in [-0.2, 0) is 0 Å². The lowest BCUT2D eigenvalue weighted by atomic mass is 9.84. The summed E-state index contributed by atoms with van der Waals surface area (Å²) in [5.41, 5.74) is 7.74. The molecule has 0 bridgehead atoms. The molecule has 1 aliphatic carbocycles. The maximum absolute atomic E-state index is 4.55. The smallest absolute Gasteiger partial charge is 0.204 e. The first-order valence-electron chi connectivity index (χ1n) is 9.06. The van der Waals surface area contributed by atoms with Gasteiger partial charge in [-0.05, 0) is 48.9 Å². The van der Waals surface area contributed by atoms with Crippen LogP contribution in [0.5, 0.6) is 0 Å². The number of hydrazone groups is 1. The molecule has 1 N–H and O–H groups in total. The summed E-state index contributed by atoms with van der Waals surface area (Å²) in [5.74, 6) is 0.751. The molecule has 1 saturated carbocycles. The number of fused-ring (bicyclic) bond motifs is 1. The monoisotopic (exact) mass is 349 g/mol. The second-order valence-corrected chi connectivity index (χ2v) is 7.78. The number of nitrogens with zero attached hydrogens (tertiary/aromatic N) is 2. The van der Waals surface area contributed by atoms with Crippen LogP contribution < -0.4 is 5.43 Å². The number of aromatic nitrogens is 1. The van der Waals surface area contributed by atoms with Crippen LogP contribution in [0.2, 0.25) is 0 Å². The van der Waals surface area contributed by atoms with Crippen molar-refractivity contribution in [3.05, 3.63) is 59.7 Å². The third kappa shape index (κ3) is 3.74. The predicted octanol–water partition coefficient (Wildman–Crippen LogP) is 6.18. The van der Waals surface area contributed by atoms with E-state index in [2.05, 4.69) is 45.8 Å². The van der Waals surface area contributed by atoms with Crippen molar-refractivity contribution in [2.75, 3.05) is 5.43 Å². The summed E-state index contributed by atoms with van der Waals surface area (Å²) in [5, 5.41) is 5.35. The third-order valence-corrected chi connectivity index (χ3v) is 5.96. The second-order valence-electron chi connectivity index (χ2n) is 6.75. The first kappa shape index (κ1) is 16.3. The molecule has 1 fully saturated rings. The van der Waals surface area contributed by atoms with E-state index in [1.807, 2.05) is 25.1 Å². The van der Waals surface area contributed by atoms with Gasteiger partial charge in [-0.25, -0.2) is 4.98 Å². The minimum absolute atomic E-state index is 0.751. The van der Waals surface area contributed by atoms with Crippen molar-refractivity contribution >= 4 is 32.4 Å². The minimum Gasteiger partial charge on any atom is -0.252 e. The van der Waals surface area contributed by atoms with E-state index in [1.54, 1.807) is 11.3 Å². The normalized spacial score (nSPS) is 16.3. The van der Waals surface area contributed by atoms with Crippen molar-refractivity contribution in [1.29, 1.82) is 0 Å². The average molecular weight is 350 g/mol. The summed E-state index contributed by atoms with van der Waals surface area (Å²) in [4.78, 5) is 4.55. The third-order valence-electron chi connectivity index (χ3n) is 5.02. The lowest BCUT2D eigenvalue weighted by molar-refractivity contribution is 0.443. The van der Waals surface area contributed by atoms with Crippen molar-refractivity contribution < 1.29 is 0 Å². The Kier molecular flexibility index (Phi) is 4.79. The van der Waals surface area contributed by atoms with Gasteiger partial charge in [-0.1, -0.05) is 67.0 Å². The van der Waals surface area contributed by atoms with Crippen LogP contribution in [0.25, 0.3) is 10.2 Å². The van der Waals surface area contributed by atoms with Crippen LogP contribution >= 0.6 is 11.3 Å². The van der Waals surface area contributed by atoms with E-state index in [1.165, 1.54) is 42.4 Å². The van der Waals surface area contributed by atoms with Crippen molar-refractivity contribution in [2.24, 2.45) is 5.10 Å². The molecule has 0 unspecified atom stereocenters. The highest BCUT2D eigenvalue weighted by molar-refractivity contribution is 7.22. The van der Waals surface area contributed by atoms with Crippen LogP contribution in [0, 0.1) is 0 Å². The first-order chi connectivity index (χ1) is 12.3. The van der Waals surface area contributed by atoms with Crippen molar-refractivity contribution in [2.45, 2.75) is 44.9 Å². The molecular formula is C21H23N3S. The molecule has 4 heteroatoms. The molecule has 2 aromatic carbocycles. The number of thiazole rings is 1. The topological polar surface area (TPSA) is 37.3 Å².